The lowest BCUT2D eigenvalue weighted by Gasteiger charge is -2.24. The molecule has 7 nitrogen and oxygen atoms in total. The van der Waals surface area contributed by atoms with Gasteiger partial charge in [-0.25, -0.2) is 9.78 Å². The molecule has 1 aromatic heterocycles. The average Bonchev–Trinajstić information content (AvgIpc) is 3.43. The molecule has 0 aliphatic carbocycles. The Labute approximate surface area is 206 Å². The number of nitrogens with zero attached hydrogens (tertiary/aromatic N) is 2. The van der Waals surface area contributed by atoms with Gasteiger partial charge in [-0.05, 0) is 68.7 Å². The molecule has 1 aliphatic rings. The Morgan fingerprint density at radius 1 is 1.06 bits per heavy atom. The van der Waals surface area contributed by atoms with Gasteiger partial charge in [0, 0.05) is 18.5 Å². The minimum absolute atomic E-state index is 0.102. The minimum atomic E-state index is -0.564. The molecule has 0 unspecified atom stereocenters. The van der Waals surface area contributed by atoms with E-state index in [-0.39, 0.29) is 12.7 Å². The predicted octanol–water partition coefficient (Wildman–Crippen LogP) is 5.27. The van der Waals surface area contributed by atoms with Crippen molar-refractivity contribution < 1.29 is 23.8 Å². The van der Waals surface area contributed by atoms with Gasteiger partial charge < -0.3 is 19.0 Å². The number of aromatic nitrogens is 1. The third-order valence-electron chi connectivity index (χ3n) is 5.72. The van der Waals surface area contributed by atoms with Gasteiger partial charge in [0.05, 0.1) is 25.5 Å². The Bertz CT molecular complexity index is 1190. The van der Waals surface area contributed by atoms with Crippen LogP contribution in [0.2, 0.25) is 0 Å². The molecule has 0 saturated heterocycles. The van der Waals surface area contributed by atoms with Crippen molar-refractivity contribution in [2.45, 2.75) is 39.7 Å². The van der Waals surface area contributed by atoms with Crippen LogP contribution in [0.15, 0.2) is 64.6 Å². The maximum atomic E-state index is 12.5. The average molecular weight is 477 g/mol. The molecule has 184 valence electrons. The number of rotatable bonds is 7. The van der Waals surface area contributed by atoms with Crippen LogP contribution in [0.4, 0.5) is 4.79 Å². The number of amides is 1. The van der Waals surface area contributed by atoms with Crippen molar-refractivity contribution in [3.05, 3.63) is 77.2 Å². The third kappa shape index (κ3) is 6.11. The number of ether oxygens (including phenoxy) is 2. The Hall–Kier alpha value is -3.58. The number of carbonyl (C=O) groups excluding carboxylic acids is 1. The molecule has 0 atom stereocenters. The van der Waals surface area contributed by atoms with E-state index in [1.165, 1.54) is 0 Å². The first kappa shape index (κ1) is 24.5. The Kier molecular flexibility index (Phi) is 7.26. The normalized spacial score (nSPS) is 13.9. The first-order chi connectivity index (χ1) is 16.7. The van der Waals surface area contributed by atoms with Gasteiger partial charge in [0.25, 0.3) is 0 Å². The number of benzene rings is 2. The zero-order valence-electron chi connectivity index (χ0n) is 20.7. The lowest BCUT2D eigenvalue weighted by atomic mass is 10.0. The van der Waals surface area contributed by atoms with Gasteiger partial charge in [-0.1, -0.05) is 30.3 Å². The van der Waals surface area contributed by atoms with Crippen LogP contribution in [-0.4, -0.2) is 53.0 Å². The van der Waals surface area contributed by atoms with Crippen molar-refractivity contribution in [2.24, 2.45) is 0 Å². The van der Waals surface area contributed by atoms with Crippen molar-refractivity contribution in [1.82, 2.24) is 9.88 Å². The van der Waals surface area contributed by atoms with Gasteiger partial charge in [-0.15, -0.1) is 0 Å². The van der Waals surface area contributed by atoms with E-state index in [0.717, 1.165) is 39.5 Å². The van der Waals surface area contributed by atoms with Gasteiger partial charge in [-0.3, -0.25) is 4.90 Å². The summed E-state index contributed by atoms with van der Waals surface area (Å²) in [6.07, 6.45) is 0.256. The molecule has 35 heavy (non-hydrogen) atoms. The van der Waals surface area contributed by atoms with Crippen LogP contribution in [0.25, 0.3) is 17.0 Å². The largest absolute Gasteiger partial charge is 0.493 e. The van der Waals surface area contributed by atoms with E-state index < -0.39 is 5.60 Å². The van der Waals surface area contributed by atoms with E-state index in [9.17, 15) is 9.90 Å². The number of hydrogen-bond acceptors (Lipinski definition) is 6. The molecule has 4 rings (SSSR count). The first-order valence-electron chi connectivity index (χ1n) is 11.8. The highest BCUT2D eigenvalue weighted by molar-refractivity contribution is 5.80. The summed E-state index contributed by atoms with van der Waals surface area (Å²) in [7, 11) is 0. The highest BCUT2D eigenvalue weighted by Crippen LogP contribution is 2.29. The molecule has 3 aromatic rings. The standard InChI is InChI=1S/C28H32N2O5/c1-19-25(29-26(34-19)21-8-6-5-7-9-21)14-15-33-23-12-10-20(11-13-23)24-17-30(16-22(24)18-31)27(32)35-28(2,3)4/h5-13,31H,14-18H2,1-4H3. The van der Waals surface area contributed by atoms with E-state index in [1.807, 2.05) is 82.3 Å². The quantitative estimate of drug-likeness (QED) is 0.500. The van der Waals surface area contributed by atoms with Gasteiger partial charge >= 0.3 is 6.09 Å². The first-order valence-corrected chi connectivity index (χ1v) is 11.8. The topological polar surface area (TPSA) is 85.0 Å². The maximum absolute atomic E-state index is 12.5. The van der Waals surface area contributed by atoms with Gasteiger partial charge in [0.1, 0.15) is 17.1 Å². The second-order valence-corrected chi connectivity index (χ2v) is 9.59. The molecule has 0 spiro atoms. The van der Waals surface area contributed by atoms with Crippen LogP contribution in [-0.2, 0) is 11.2 Å². The fourth-order valence-electron chi connectivity index (χ4n) is 3.96. The number of aliphatic hydroxyl groups excluding tert-OH is 1. The molecule has 1 N–H and O–H groups in total. The zero-order chi connectivity index (χ0) is 25.0. The van der Waals surface area contributed by atoms with Crippen LogP contribution in [0.1, 0.15) is 37.8 Å². The zero-order valence-corrected chi connectivity index (χ0v) is 20.7. The van der Waals surface area contributed by atoms with Gasteiger partial charge in [0.2, 0.25) is 5.89 Å². The summed E-state index contributed by atoms with van der Waals surface area (Å²) in [5.41, 5.74) is 3.98. The number of aryl methyl sites for hydroxylation is 1. The van der Waals surface area contributed by atoms with Crippen molar-refractivity contribution in [2.75, 3.05) is 26.3 Å². The molecule has 0 radical (unpaired) electrons. The van der Waals surface area contributed by atoms with Crippen LogP contribution in [0.5, 0.6) is 5.75 Å². The third-order valence-corrected chi connectivity index (χ3v) is 5.72. The maximum Gasteiger partial charge on any atom is 0.410 e. The summed E-state index contributed by atoms with van der Waals surface area (Å²) in [4.78, 5) is 18.7. The van der Waals surface area contributed by atoms with Crippen molar-refractivity contribution in [1.29, 1.82) is 0 Å². The second-order valence-electron chi connectivity index (χ2n) is 9.59. The molecular formula is C28H32N2O5. The predicted molar refractivity (Wildman–Crippen MR) is 134 cm³/mol. The fourth-order valence-corrected chi connectivity index (χ4v) is 3.96. The van der Waals surface area contributed by atoms with Crippen LogP contribution in [0.3, 0.4) is 0 Å². The molecule has 0 bridgehead atoms. The molecule has 0 saturated carbocycles. The lowest BCUT2D eigenvalue weighted by Crippen LogP contribution is -2.35. The second kappa shape index (κ2) is 10.4. The number of hydrogen-bond donors (Lipinski definition) is 1. The summed E-state index contributed by atoms with van der Waals surface area (Å²) in [6, 6.07) is 17.5. The van der Waals surface area contributed by atoms with Gasteiger partial charge in [-0.2, -0.15) is 0 Å². The van der Waals surface area contributed by atoms with E-state index in [0.29, 0.717) is 32.0 Å². The Balaban J connectivity index is 1.35. The lowest BCUT2D eigenvalue weighted by molar-refractivity contribution is 0.0301. The molecule has 1 amide bonds. The van der Waals surface area contributed by atoms with E-state index in [4.69, 9.17) is 13.9 Å². The summed E-state index contributed by atoms with van der Waals surface area (Å²) in [6.45, 7) is 8.57. The summed E-state index contributed by atoms with van der Waals surface area (Å²) >= 11 is 0. The molecular weight excluding hydrogens is 444 g/mol. The SMILES string of the molecule is Cc1oc(-c2ccccc2)nc1CCOc1ccc(C2=C(CO)CN(C(=O)OC(C)(C)C)C2)cc1. The van der Waals surface area contributed by atoms with Crippen molar-refractivity contribution >= 4 is 11.7 Å². The Morgan fingerprint density at radius 3 is 2.43 bits per heavy atom. The van der Waals surface area contributed by atoms with E-state index in [2.05, 4.69) is 4.98 Å². The van der Waals surface area contributed by atoms with Crippen LogP contribution >= 0.6 is 0 Å². The molecule has 2 heterocycles. The highest BCUT2D eigenvalue weighted by atomic mass is 16.6. The van der Waals surface area contributed by atoms with Crippen molar-refractivity contribution in [3.63, 3.8) is 0 Å². The highest BCUT2D eigenvalue weighted by Gasteiger charge is 2.29. The molecule has 2 aromatic carbocycles. The van der Waals surface area contributed by atoms with E-state index in [1.54, 1.807) is 4.90 Å². The fraction of sp³-hybridized carbons (Fsp3) is 0.357. The summed E-state index contributed by atoms with van der Waals surface area (Å²) in [5.74, 6) is 2.15. The van der Waals surface area contributed by atoms with E-state index >= 15 is 0 Å². The summed E-state index contributed by atoms with van der Waals surface area (Å²) in [5, 5.41) is 9.83. The molecule has 7 heteroatoms. The Morgan fingerprint density at radius 2 is 1.77 bits per heavy atom. The molecule has 1 aliphatic heterocycles. The monoisotopic (exact) mass is 476 g/mol. The van der Waals surface area contributed by atoms with Gasteiger partial charge in [0.15, 0.2) is 0 Å². The number of carbonyl (C=O) groups is 1. The smallest absolute Gasteiger partial charge is 0.410 e. The van der Waals surface area contributed by atoms with Crippen LogP contribution in [0, 0.1) is 6.92 Å². The number of aliphatic hydroxyl groups is 1. The minimum Gasteiger partial charge on any atom is -0.493 e. The van der Waals surface area contributed by atoms with Crippen molar-refractivity contribution in [3.8, 4) is 17.2 Å². The molecule has 0 fully saturated rings. The summed E-state index contributed by atoms with van der Waals surface area (Å²) < 4.78 is 17.2. The van der Waals surface area contributed by atoms with Crippen LogP contribution < -0.4 is 4.74 Å². The number of oxazole rings is 1.